The lowest BCUT2D eigenvalue weighted by molar-refractivity contribution is 0.567. The number of aromatic nitrogens is 2. The maximum Gasteiger partial charge on any atom is 0.120 e. The predicted molar refractivity (Wildman–Crippen MR) is 110 cm³/mol. The summed E-state index contributed by atoms with van der Waals surface area (Å²) in [4.78, 5) is 6.10. The van der Waals surface area contributed by atoms with E-state index in [4.69, 9.17) is 16.6 Å². The van der Waals surface area contributed by atoms with E-state index in [1.165, 1.54) is 42.5 Å². The van der Waals surface area contributed by atoms with Crippen molar-refractivity contribution in [1.82, 2.24) is 9.55 Å². The van der Waals surface area contributed by atoms with Crippen molar-refractivity contribution in [2.45, 2.75) is 56.2 Å². The maximum absolute atomic E-state index is 5.98. The molecule has 0 saturated heterocycles. The highest BCUT2D eigenvalue weighted by Gasteiger charge is 2.10. The van der Waals surface area contributed by atoms with Crippen LogP contribution in [0.5, 0.6) is 0 Å². The normalized spacial score (nSPS) is 11.3. The van der Waals surface area contributed by atoms with E-state index in [0.29, 0.717) is 0 Å². The highest BCUT2D eigenvalue weighted by atomic mass is 35.5. The molecule has 0 aliphatic heterocycles. The lowest BCUT2D eigenvalue weighted by Crippen LogP contribution is -2.03. The van der Waals surface area contributed by atoms with Crippen molar-refractivity contribution in [1.29, 1.82) is 0 Å². The van der Waals surface area contributed by atoms with Crippen LogP contribution in [0.4, 0.5) is 0 Å². The van der Waals surface area contributed by atoms with Crippen molar-refractivity contribution in [3.8, 4) is 0 Å². The van der Waals surface area contributed by atoms with Crippen molar-refractivity contribution >= 4 is 34.4 Å². The molecular weight excluding hydrogens is 348 g/mol. The van der Waals surface area contributed by atoms with E-state index in [1.807, 2.05) is 23.9 Å². The van der Waals surface area contributed by atoms with Gasteiger partial charge < -0.3 is 4.57 Å². The Labute approximate surface area is 159 Å². The highest BCUT2D eigenvalue weighted by Crippen LogP contribution is 2.26. The number of unbranched alkanes of at least 4 members (excludes halogenated alkanes) is 4. The van der Waals surface area contributed by atoms with E-state index >= 15 is 0 Å². The molecule has 2 nitrogen and oxygen atoms in total. The minimum Gasteiger partial charge on any atom is -0.327 e. The van der Waals surface area contributed by atoms with Crippen molar-refractivity contribution in [2.24, 2.45) is 0 Å². The van der Waals surface area contributed by atoms with Crippen LogP contribution in [0, 0.1) is 0 Å². The molecular formula is C21H25ClN2S. The number of para-hydroxylation sites is 2. The van der Waals surface area contributed by atoms with Gasteiger partial charge >= 0.3 is 0 Å². The van der Waals surface area contributed by atoms with Gasteiger partial charge in [0.25, 0.3) is 0 Å². The van der Waals surface area contributed by atoms with Gasteiger partial charge in [0.05, 0.1) is 16.8 Å². The summed E-state index contributed by atoms with van der Waals surface area (Å²) in [5.41, 5.74) is 2.35. The Hall–Kier alpha value is -1.45. The van der Waals surface area contributed by atoms with Gasteiger partial charge in [-0.25, -0.2) is 4.98 Å². The lowest BCUT2D eigenvalue weighted by Gasteiger charge is -2.09. The lowest BCUT2D eigenvalue weighted by atomic mass is 10.1. The van der Waals surface area contributed by atoms with E-state index < -0.39 is 0 Å². The van der Waals surface area contributed by atoms with Gasteiger partial charge in [0, 0.05) is 16.5 Å². The fraction of sp³-hybridized carbons (Fsp3) is 0.381. The van der Waals surface area contributed by atoms with E-state index in [9.17, 15) is 0 Å². The summed E-state index contributed by atoms with van der Waals surface area (Å²) in [6.07, 6.45) is 6.47. The zero-order valence-electron chi connectivity index (χ0n) is 14.7. The molecule has 25 heavy (non-hydrogen) atoms. The number of thioether (sulfide) groups is 1. The summed E-state index contributed by atoms with van der Waals surface area (Å²) in [7, 11) is 0. The average molecular weight is 373 g/mol. The zero-order valence-corrected chi connectivity index (χ0v) is 16.3. The molecule has 0 aliphatic carbocycles. The number of fused-ring (bicyclic) bond motifs is 1. The van der Waals surface area contributed by atoms with Gasteiger partial charge in [0.2, 0.25) is 0 Å². The van der Waals surface area contributed by atoms with Crippen LogP contribution in [0.2, 0.25) is 5.02 Å². The number of benzene rings is 2. The molecule has 0 spiro atoms. The van der Waals surface area contributed by atoms with Crippen molar-refractivity contribution in [3.05, 3.63) is 59.4 Å². The summed E-state index contributed by atoms with van der Waals surface area (Å²) in [5, 5.41) is 0.781. The van der Waals surface area contributed by atoms with Gasteiger partial charge in [0.1, 0.15) is 5.82 Å². The number of halogens is 1. The third-order valence-electron chi connectivity index (χ3n) is 4.40. The summed E-state index contributed by atoms with van der Waals surface area (Å²) >= 11 is 7.79. The molecule has 0 unspecified atom stereocenters. The number of hydrogen-bond donors (Lipinski definition) is 0. The van der Waals surface area contributed by atoms with Crippen LogP contribution < -0.4 is 0 Å². The van der Waals surface area contributed by atoms with Gasteiger partial charge in [-0.15, -0.1) is 11.8 Å². The van der Waals surface area contributed by atoms with Crippen LogP contribution in [0.1, 0.15) is 44.9 Å². The number of imidazole rings is 1. The van der Waals surface area contributed by atoms with Crippen molar-refractivity contribution in [3.63, 3.8) is 0 Å². The SMILES string of the molecule is CCCCCCCn1c(CSc2ccc(Cl)cc2)nc2ccccc21. The van der Waals surface area contributed by atoms with E-state index in [2.05, 4.69) is 47.9 Å². The Morgan fingerprint density at radius 3 is 2.52 bits per heavy atom. The molecule has 0 aliphatic rings. The second-order valence-corrected chi connectivity index (χ2v) is 7.81. The summed E-state index contributed by atoms with van der Waals surface area (Å²) in [6, 6.07) is 16.5. The van der Waals surface area contributed by atoms with E-state index in [1.54, 1.807) is 0 Å². The Bertz CT molecular complexity index is 795. The molecule has 0 fully saturated rings. The molecule has 0 bridgehead atoms. The number of nitrogens with zero attached hydrogens (tertiary/aromatic N) is 2. The van der Waals surface area contributed by atoms with Crippen molar-refractivity contribution < 1.29 is 0 Å². The summed E-state index contributed by atoms with van der Waals surface area (Å²) in [5.74, 6) is 2.04. The topological polar surface area (TPSA) is 17.8 Å². The largest absolute Gasteiger partial charge is 0.327 e. The molecule has 0 radical (unpaired) electrons. The Morgan fingerprint density at radius 2 is 1.72 bits per heavy atom. The molecule has 1 heterocycles. The van der Waals surface area contributed by atoms with Gasteiger partial charge in [-0.2, -0.15) is 0 Å². The Morgan fingerprint density at radius 1 is 0.960 bits per heavy atom. The molecule has 3 rings (SSSR count). The third-order valence-corrected chi connectivity index (χ3v) is 5.66. The fourth-order valence-corrected chi connectivity index (χ4v) is 4.01. The third kappa shape index (κ3) is 5.02. The van der Waals surface area contributed by atoms with E-state index in [-0.39, 0.29) is 0 Å². The minimum atomic E-state index is 0.781. The van der Waals surface area contributed by atoms with Crippen LogP contribution >= 0.6 is 23.4 Å². The summed E-state index contributed by atoms with van der Waals surface area (Å²) in [6.45, 7) is 3.32. The van der Waals surface area contributed by atoms with Crippen LogP contribution in [0.15, 0.2) is 53.4 Å². The fourth-order valence-electron chi connectivity index (χ4n) is 3.04. The van der Waals surface area contributed by atoms with Crippen LogP contribution in [-0.4, -0.2) is 9.55 Å². The average Bonchev–Trinajstić information content (AvgIpc) is 2.99. The molecule has 0 amide bonds. The first-order chi connectivity index (χ1) is 12.3. The molecule has 1 aromatic heterocycles. The quantitative estimate of drug-likeness (QED) is 0.298. The minimum absolute atomic E-state index is 0.781. The van der Waals surface area contributed by atoms with Gasteiger partial charge in [-0.1, -0.05) is 56.3 Å². The van der Waals surface area contributed by atoms with E-state index in [0.717, 1.165) is 28.7 Å². The molecule has 3 aromatic rings. The smallest absolute Gasteiger partial charge is 0.120 e. The molecule has 0 saturated carbocycles. The Balaban J connectivity index is 1.71. The second kappa shape index (κ2) is 9.30. The number of hydrogen-bond acceptors (Lipinski definition) is 2. The van der Waals surface area contributed by atoms with Gasteiger partial charge in [-0.3, -0.25) is 0 Å². The Kier molecular flexibility index (Phi) is 6.83. The molecule has 2 aromatic carbocycles. The highest BCUT2D eigenvalue weighted by molar-refractivity contribution is 7.98. The summed E-state index contributed by atoms with van der Waals surface area (Å²) < 4.78 is 2.41. The molecule has 4 heteroatoms. The first-order valence-electron chi connectivity index (χ1n) is 9.10. The zero-order chi connectivity index (χ0) is 17.5. The van der Waals surface area contributed by atoms with Gasteiger partial charge in [-0.05, 0) is 42.8 Å². The molecule has 0 atom stereocenters. The van der Waals surface area contributed by atoms with Crippen LogP contribution in [0.25, 0.3) is 11.0 Å². The maximum atomic E-state index is 5.98. The monoisotopic (exact) mass is 372 g/mol. The van der Waals surface area contributed by atoms with Crippen molar-refractivity contribution in [2.75, 3.05) is 0 Å². The first-order valence-corrected chi connectivity index (χ1v) is 10.5. The molecule has 0 N–H and O–H groups in total. The molecule has 132 valence electrons. The second-order valence-electron chi connectivity index (χ2n) is 6.33. The van der Waals surface area contributed by atoms with Gasteiger partial charge in [0.15, 0.2) is 0 Å². The standard InChI is InChI=1S/C21H25ClN2S/c1-2-3-4-5-8-15-24-20-10-7-6-9-19(20)23-21(24)16-25-18-13-11-17(22)12-14-18/h6-7,9-14H,2-5,8,15-16H2,1H3. The van der Waals surface area contributed by atoms with Crippen LogP contribution in [-0.2, 0) is 12.3 Å². The van der Waals surface area contributed by atoms with Crippen LogP contribution in [0.3, 0.4) is 0 Å². The predicted octanol–water partition coefficient (Wildman–Crippen LogP) is 6.95. The number of rotatable bonds is 9. The first kappa shape index (κ1) is 18.3. The number of aryl methyl sites for hydroxylation is 1.